The van der Waals surface area contributed by atoms with Gasteiger partial charge in [0.15, 0.2) is 0 Å². The molecule has 1 saturated heterocycles. The maximum absolute atomic E-state index is 11.0. The van der Waals surface area contributed by atoms with E-state index in [1.807, 2.05) is 0 Å². The van der Waals surface area contributed by atoms with Crippen molar-refractivity contribution in [3.63, 3.8) is 0 Å². The summed E-state index contributed by atoms with van der Waals surface area (Å²) in [4.78, 5) is 11.0. The zero-order chi connectivity index (χ0) is 7.61. The van der Waals surface area contributed by atoms with E-state index in [0.29, 0.717) is 13.1 Å². The fourth-order valence-electron chi connectivity index (χ4n) is 0.994. The van der Waals surface area contributed by atoms with Crippen LogP contribution in [0.2, 0.25) is 0 Å². The average Bonchev–Trinajstić information content (AvgIpc) is 1.86. The number of likely N-dealkylation sites (N-methyl/N-ethyl adjacent to an activating group) is 1. The van der Waals surface area contributed by atoms with Crippen LogP contribution in [-0.2, 0) is 9.53 Å². The minimum atomic E-state index is -0.450. The Morgan fingerprint density at radius 2 is 2.30 bits per heavy atom. The summed E-state index contributed by atoms with van der Waals surface area (Å²) in [6.45, 7) is 1.33. The summed E-state index contributed by atoms with van der Waals surface area (Å²) in [5.41, 5.74) is -0.450. The highest BCUT2D eigenvalue weighted by atomic mass is 16.5. The standard InChI is InChI=1S/C6H12N2O2/c1-7-6(3-8-4-6)5(9)10-2/h7-8H,3-4H2,1-2H3. The number of rotatable bonds is 2. The molecule has 1 rings (SSSR count). The summed E-state index contributed by atoms with van der Waals surface area (Å²) < 4.78 is 4.61. The molecule has 0 aromatic heterocycles. The van der Waals surface area contributed by atoms with Crippen molar-refractivity contribution in [3.8, 4) is 0 Å². The van der Waals surface area contributed by atoms with Gasteiger partial charge in [0.05, 0.1) is 7.11 Å². The van der Waals surface area contributed by atoms with Crippen LogP contribution in [0, 0.1) is 0 Å². The van der Waals surface area contributed by atoms with E-state index in [1.54, 1.807) is 7.05 Å². The Hall–Kier alpha value is -0.610. The lowest BCUT2D eigenvalue weighted by molar-refractivity contribution is -0.150. The Bertz CT molecular complexity index is 137. The number of carbonyl (C=O) groups is 1. The van der Waals surface area contributed by atoms with Crippen LogP contribution in [0.5, 0.6) is 0 Å². The van der Waals surface area contributed by atoms with E-state index in [1.165, 1.54) is 7.11 Å². The summed E-state index contributed by atoms with van der Waals surface area (Å²) in [7, 11) is 3.16. The van der Waals surface area contributed by atoms with E-state index in [2.05, 4.69) is 15.4 Å². The SMILES string of the molecule is CNC1(C(=O)OC)CNC1. The second kappa shape index (κ2) is 2.56. The number of esters is 1. The fraction of sp³-hybridized carbons (Fsp3) is 0.833. The Kier molecular flexibility index (Phi) is 1.92. The van der Waals surface area contributed by atoms with Gasteiger partial charge in [-0.1, -0.05) is 0 Å². The zero-order valence-electron chi connectivity index (χ0n) is 6.23. The van der Waals surface area contributed by atoms with Gasteiger partial charge in [-0.15, -0.1) is 0 Å². The molecule has 58 valence electrons. The van der Waals surface area contributed by atoms with Crippen LogP contribution in [0.1, 0.15) is 0 Å². The van der Waals surface area contributed by atoms with Crippen molar-refractivity contribution in [3.05, 3.63) is 0 Å². The van der Waals surface area contributed by atoms with E-state index >= 15 is 0 Å². The van der Waals surface area contributed by atoms with Crippen LogP contribution in [0.15, 0.2) is 0 Å². The van der Waals surface area contributed by atoms with Crippen LogP contribution < -0.4 is 10.6 Å². The molecule has 0 bridgehead atoms. The largest absolute Gasteiger partial charge is 0.468 e. The average molecular weight is 144 g/mol. The van der Waals surface area contributed by atoms with Crippen LogP contribution >= 0.6 is 0 Å². The lowest BCUT2D eigenvalue weighted by Gasteiger charge is -2.39. The maximum atomic E-state index is 11.0. The van der Waals surface area contributed by atoms with Gasteiger partial charge in [-0.25, -0.2) is 4.79 Å². The van der Waals surface area contributed by atoms with Crippen LogP contribution in [0.25, 0.3) is 0 Å². The molecule has 4 nitrogen and oxygen atoms in total. The van der Waals surface area contributed by atoms with E-state index in [0.717, 1.165) is 0 Å². The van der Waals surface area contributed by atoms with Crippen LogP contribution in [0.4, 0.5) is 0 Å². The van der Waals surface area contributed by atoms with Gasteiger partial charge in [0.25, 0.3) is 0 Å². The molecule has 0 atom stereocenters. The van der Waals surface area contributed by atoms with Crippen molar-refractivity contribution in [2.24, 2.45) is 0 Å². The molecule has 0 saturated carbocycles. The van der Waals surface area contributed by atoms with Crippen molar-refractivity contribution in [1.82, 2.24) is 10.6 Å². The normalized spacial score (nSPS) is 21.4. The van der Waals surface area contributed by atoms with Crippen molar-refractivity contribution < 1.29 is 9.53 Å². The molecule has 2 N–H and O–H groups in total. The predicted molar refractivity (Wildman–Crippen MR) is 36.7 cm³/mol. The third-order valence-corrected chi connectivity index (χ3v) is 1.91. The number of ether oxygens (including phenoxy) is 1. The molecule has 0 spiro atoms. The maximum Gasteiger partial charge on any atom is 0.328 e. The molecule has 0 unspecified atom stereocenters. The van der Waals surface area contributed by atoms with Crippen molar-refractivity contribution in [2.75, 3.05) is 27.2 Å². The van der Waals surface area contributed by atoms with Gasteiger partial charge in [0.1, 0.15) is 5.54 Å². The van der Waals surface area contributed by atoms with E-state index in [9.17, 15) is 4.79 Å². The van der Waals surface area contributed by atoms with Gasteiger partial charge in [-0.2, -0.15) is 0 Å². The second-order valence-corrected chi connectivity index (χ2v) is 2.43. The second-order valence-electron chi connectivity index (χ2n) is 2.43. The molecule has 0 amide bonds. The van der Waals surface area contributed by atoms with Crippen molar-refractivity contribution in [2.45, 2.75) is 5.54 Å². The number of hydrogen-bond acceptors (Lipinski definition) is 4. The first-order valence-corrected chi connectivity index (χ1v) is 3.23. The molecule has 1 heterocycles. The molecule has 4 heteroatoms. The van der Waals surface area contributed by atoms with E-state index in [-0.39, 0.29) is 5.97 Å². The molecule has 0 aliphatic carbocycles. The molecule has 1 aliphatic heterocycles. The summed E-state index contributed by atoms with van der Waals surface area (Å²) in [6.07, 6.45) is 0. The smallest absolute Gasteiger partial charge is 0.328 e. The highest BCUT2D eigenvalue weighted by Gasteiger charge is 2.43. The molecular formula is C6H12N2O2. The number of methoxy groups -OCH3 is 1. The highest BCUT2D eigenvalue weighted by Crippen LogP contribution is 2.11. The first-order valence-electron chi connectivity index (χ1n) is 3.23. The molecule has 10 heavy (non-hydrogen) atoms. The third-order valence-electron chi connectivity index (χ3n) is 1.91. The fourth-order valence-corrected chi connectivity index (χ4v) is 0.994. The first-order chi connectivity index (χ1) is 4.75. The lowest BCUT2D eigenvalue weighted by atomic mass is 9.93. The van der Waals surface area contributed by atoms with Gasteiger partial charge in [-0.3, -0.25) is 0 Å². The Morgan fingerprint density at radius 1 is 1.70 bits per heavy atom. The van der Waals surface area contributed by atoms with Gasteiger partial charge >= 0.3 is 5.97 Å². The predicted octanol–water partition coefficient (Wildman–Crippen LogP) is -1.28. The summed E-state index contributed by atoms with van der Waals surface area (Å²) >= 11 is 0. The lowest BCUT2D eigenvalue weighted by Crippen LogP contribution is -2.71. The van der Waals surface area contributed by atoms with Crippen LogP contribution in [-0.4, -0.2) is 38.8 Å². The van der Waals surface area contributed by atoms with Gasteiger partial charge in [0.2, 0.25) is 0 Å². The molecule has 1 aliphatic rings. The van der Waals surface area contributed by atoms with Crippen LogP contribution in [0.3, 0.4) is 0 Å². The Labute approximate surface area is 59.9 Å². The topological polar surface area (TPSA) is 50.4 Å². The van der Waals surface area contributed by atoms with E-state index in [4.69, 9.17) is 0 Å². The molecule has 0 radical (unpaired) electrons. The van der Waals surface area contributed by atoms with Crippen molar-refractivity contribution in [1.29, 1.82) is 0 Å². The molecular weight excluding hydrogens is 132 g/mol. The minimum Gasteiger partial charge on any atom is -0.468 e. The molecule has 0 aromatic rings. The van der Waals surface area contributed by atoms with Crippen molar-refractivity contribution >= 4 is 5.97 Å². The summed E-state index contributed by atoms with van der Waals surface area (Å²) in [5.74, 6) is -0.186. The molecule has 0 aromatic carbocycles. The zero-order valence-corrected chi connectivity index (χ0v) is 6.23. The van der Waals surface area contributed by atoms with E-state index < -0.39 is 5.54 Å². The van der Waals surface area contributed by atoms with Gasteiger partial charge in [0, 0.05) is 13.1 Å². The van der Waals surface area contributed by atoms with Gasteiger partial charge in [-0.05, 0) is 7.05 Å². The number of hydrogen-bond donors (Lipinski definition) is 2. The molecule has 1 fully saturated rings. The monoisotopic (exact) mass is 144 g/mol. The first kappa shape index (κ1) is 7.50. The summed E-state index contributed by atoms with van der Waals surface area (Å²) in [5, 5.41) is 5.93. The third kappa shape index (κ3) is 0.892. The summed E-state index contributed by atoms with van der Waals surface area (Å²) in [6, 6.07) is 0. The highest BCUT2D eigenvalue weighted by molar-refractivity contribution is 5.82. The minimum absolute atomic E-state index is 0.186. The number of nitrogens with one attached hydrogen (secondary N) is 2. The van der Waals surface area contributed by atoms with Gasteiger partial charge < -0.3 is 15.4 Å². The Morgan fingerprint density at radius 3 is 2.40 bits per heavy atom. The number of carbonyl (C=O) groups excluding carboxylic acids is 1. The Balaban J connectivity index is 2.55. The quantitative estimate of drug-likeness (QED) is 0.474.